The molecule has 3 rings (SSSR count). The van der Waals surface area contributed by atoms with Crippen molar-refractivity contribution in [1.29, 1.82) is 0 Å². The molecule has 0 aliphatic carbocycles. The number of nitrogens with zero attached hydrogens (tertiary/aromatic N) is 4. The maximum Gasteiger partial charge on any atom is 0.259 e. The van der Waals surface area contributed by atoms with Gasteiger partial charge in [-0.1, -0.05) is 35.3 Å². The number of carbonyl (C=O) groups is 1. The van der Waals surface area contributed by atoms with Gasteiger partial charge in [-0.15, -0.1) is 0 Å². The summed E-state index contributed by atoms with van der Waals surface area (Å²) in [6.45, 7) is 5.55. The molecule has 0 radical (unpaired) electrons. The fraction of sp³-hybridized carbons (Fsp3) is 0.438. The Balaban J connectivity index is 1.62. The summed E-state index contributed by atoms with van der Waals surface area (Å²) in [7, 11) is 0. The largest absolute Gasteiger partial charge is 0.340 e. The van der Waals surface area contributed by atoms with Crippen molar-refractivity contribution in [3.8, 4) is 11.5 Å². The molecule has 0 saturated carbocycles. The molecule has 0 spiro atoms. The van der Waals surface area contributed by atoms with Gasteiger partial charge < -0.3 is 9.42 Å². The van der Waals surface area contributed by atoms with Crippen molar-refractivity contribution >= 4 is 29.1 Å². The van der Waals surface area contributed by atoms with E-state index < -0.39 is 0 Å². The predicted molar refractivity (Wildman–Crippen MR) is 91.9 cm³/mol. The minimum atomic E-state index is 0.203. The fourth-order valence-electron chi connectivity index (χ4n) is 2.67. The number of piperazine rings is 1. The first kappa shape index (κ1) is 17.2. The van der Waals surface area contributed by atoms with Crippen LogP contribution in [0, 0.1) is 0 Å². The summed E-state index contributed by atoms with van der Waals surface area (Å²) in [6, 6.07) is 5.14. The van der Waals surface area contributed by atoms with Crippen molar-refractivity contribution in [1.82, 2.24) is 19.9 Å². The summed E-state index contributed by atoms with van der Waals surface area (Å²) in [5, 5.41) is 5.06. The van der Waals surface area contributed by atoms with Gasteiger partial charge in [0, 0.05) is 37.6 Å². The smallest absolute Gasteiger partial charge is 0.259 e. The molecule has 1 aromatic heterocycles. The van der Waals surface area contributed by atoms with Gasteiger partial charge in [0.05, 0.1) is 17.1 Å². The molecule has 1 aromatic carbocycles. The van der Waals surface area contributed by atoms with E-state index in [1.165, 1.54) is 0 Å². The van der Waals surface area contributed by atoms with Crippen LogP contribution in [0.4, 0.5) is 0 Å². The number of carbonyl (C=O) groups excluding carboxylic acids is 1. The highest BCUT2D eigenvalue weighted by molar-refractivity contribution is 6.36. The highest BCUT2D eigenvalue weighted by atomic mass is 35.5. The average Bonchev–Trinajstić information content (AvgIpc) is 3.03. The molecule has 0 atom stereocenters. The van der Waals surface area contributed by atoms with Crippen LogP contribution in [0.1, 0.15) is 19.2 Å². The zero-order chi connectivity index (χ0) is 17.1. The molecule has 1 aliphatic heterocycles. The highest BCUT2D eigenvalue weighted by Crippen LogP contribution is 2.29. The number of amides is 1. The van der Waals surface area contributed by atoms with Crippen LogP contribution in [-0.4, -0.2) is 52.0 Å². The Bertz CT molecular complexity index is 727. The van der Waals surface area contributed by atoms with Crippen molar-refractivity contribution in [2.24, 2.45) is 0 Å². The predicted octanol–water partition coefficient (Wildman–Crippen LogP) is 3.10. The van der Waals surface area contributed by atoms with Crippen LogP contribution < -0.4 is 0 Å². The molecule has 2 aromatic rings. The van der Waals surface area contributed by atoms with E-state index in [2.05, 4.69) is 15.0 Å². The molecular formula is C16H18Cl2N4O2. The average molecular weight is 369 g/mol. The SMILES string of the molecule is CCC(=O)N1CCN(Cc2noc(-c3ccc(Cl)cc3Cl)n2)CC1. The van der Waals surface area contributed by atoms with Crippen LogP contribution in [0.3, 0.4) is 0 Å². The number of halogens is 2. The van der Waals surface area contributed by atoms with Gasteiger partial charge in [-0.2, -0.15) is 4.98 Å². The molecule has 0 bridgehead atoms. The second-order valence-electron chi connectivity index (χ2n) is 5.65. The lowest BCUT2D eigenvalue weighted by atomic mass is 10.2. The quantitative estimate of drug-likeness (QED) is 0.829. The minimum absolute atomic E-state index is 0.203. The molecule has 6 nitrogen and oxygen atoms in total. The van der Waals surface area contributed by atoms with Gasteiger partial charge in [0.15, 0.2) is 5.82 Å². The molecule has 8 heteroatoms. The van der Waals surface area contributed by atoms with E-state index in [0.29, 0.717) is 40.3 Å². The monoisotopic (exact) mass is 368 g/mol. The summed E-state index contributed by atoms with van der Waals surface area (Å²) in [5.41, 5.74) is 0.665. The first-order valence-corrected chi connectivity index (χ1v) is 8.60. The summed E-state index contributed by atoms with van der Waals surface area (Å²) in [4.78, 5) is 20.2. The van der Waals surface area contributed by atoms with E-state index in [-0.39, 0.29) is 5.91 Å². The summed E-state index contributed by atoms with van der Waals surface area (Å²) in [5.74, 6) is 1.19. The highest BCUT2D eigenvalue weighted by Gasteiger charge is 2.21. The summed E-state index contributed by atoms with van der Waals surface area (Å²) >= 11 is 12.1. The Kier molecular flexibility index (Phi) is 5.38. The van der Waals surface area contributed by atoms with Gasteiger partial charge in [0.1, 0.15) is 0 Å². The standard InChI is InChI=1S/C16H18Cl2N4O2/c1-2-15(23)22-7-5-21(6-8-22)10-14-19-16(24-20-14)12-4-3-11(17)9-13(12)18/h3-4,9H,2,5-8,10H2,1H3. The Hall–Kier alpha value is -1.63. The lowest BCUT2D eigenvalue weighted by Crippen LogP contribution is -2.48. The second-order valence-corrected chi connectivity index (χ2v) is 6.49. The maximum atomic E-state index is 11.7. The Morgan fingerprint density at radius 2 is 2.00 bits per heavy atom. The van der Waals surface area contributed by atoms with Gasteiger partial charge >= 0.3 is 0 Å². The topological polar surface area (TPSA) is 62.5 Å². The molecule has 0 unspecified atom stereocenters. The van der Waals surface area contributed by atoms with Crippen LogP contribution in [0.15, 0.2) is 22.7 Å². The van der Waals surface area contributed by atoms with Gasteiger partial charge in [-0.25, -0.2) is 0 Å². The van der Waals surface area contributed by atoms with Crippen molar-refractivity contribution in [2.45, 2.75) is 19.9 Å². The van der Waals surface area contributed by atoms with Crippen molar-refractivity contribution in [2.75, 3.05) is 26.2 Å². The zero-order valence-corrected chi connectivity index (χ0v) is 14.8. The summed E-state index contributed by atoms with van der Waals surface area (Å²) in [6.07, 6.45) is 0.552. The molecule has 1 amide bonds. The van der Waals surface area contributed by atoms with Crippen LogP contribution in [0.25, 0.3) is 11.5 Å². The number of hydrogen-bond acceptors (Lipinski definition) is 5. The van der Waals surface area contributed by atoms with Crippen molar-refractivity contribution in [3.05, 3.63) is 34.1 Å². The van der Waals surface area contributed by atoms with E-state index in [1.54, 1.807) is 18.2 Å². The van der Waals surface area contributed by atoms with Crippen LogP contribution in [0.2, 0.25) is 10.0 Å². The minimum Gasteiger partial charge on any atom is -0.340 e. The van der Waals surface area contributed by atoms with E-state index in [0.717, 1.165) is 26.2 Å². The van der Waals surface area contributed by atoms with E-state index in [1.807, 2.05) is 11.8 Å². The van der Waals surface area contributed by atoms with Gasteiger partial charge in [-0.05, 0) is 18.2 Å². The lowest BCUT2D eigenvalue weighted by Gasteiger charge is -2.33. The number of benzene rings is 1. The van der Waals surface area contributed by atoms with Gasteiger partial charge in [-0.3, -0.25) is 9.69 Å². The number of aromatic nitrogens is 2. The number of rotatable bonds is 4. The molecule has 2 heterocycles. The molecule has 1 saturated heterocycles. The summed E-state index contributed by atoms with van der Waals surface area (Å²) < 4.78 is 5.31. The third-order valence-electron chi connectivity index (χ3n) is 4.02. The fourth-order valence-corrected chi connectivity index (χ4v) is 3.16. The molecule has 1 fully saturated rings. The molecule has 128 valence electrons. The Morgan fingerprint density at radius 3 is 2.67 bits per heavy atom. The maximum absolute atomic E-state index is 11.7. The van der Waals surface area contributed by atoms with Crippen LogP contribution in [0.5, 0.6) is 0 Å². The van der Waals surface area contributed by atoms with Crippen LogP contribution in [-0.2, 0) is 11.3 Å². The van der Waals surface area contributed by atoms with Crippen molar-refractivity contribution < 1.29 is 9.32 Å². The van der Waals surface area contributed by atoms with E-state index in [9.17, 15) is 4.79 Å². The molecule has 0 N–H and O–H groups in total. The van der Waals surface area contributed by atoms with Crippen LogP contribution >= 0.6 is 23.2 Å². The number of hydrogen-bond donors (Lipinski definition) is 0. The molecular weight excluding hydrogens is 351 g/mol. The normalized spacial score (nSPS) is 15.7. The van der Waals surface area contributed by atoms with E-state index in [4.69, 9.17) is 27.7 Å². The zero-order valence-electron chi connectivity index (χ0n) is 13.3. The third-order valence-corrected chi connectivity index (χ3v) is 4.57. The first-order chi connectivity index (χ1) is 11.6. The van der Waals surface area contributed by atoms with Gasteiger partial charge in [0.25, 0.3) is 5.89 Å². The first-order valence-electron chi connectivity index (χ1n) is 7.85. The van der Waals surface area contributed by atoms with Gasteiger partial charge in [0.2, 0.25) is 5.91 Å². The third kappa shape index (κ3) is 3.88. The van der Waals surface area contributed by atoms with Crippen molar-refractivity contribution in [3.63, 3.8) is 0 Å². The van der Waals surface area contributed by atoms with E-state index >= 15 is 0 Å². The lowest BCUT2D eigenvalue weighted by molar-refractivity contribution is -0.132. The Morgan fingerprint density at radius 1 is 1.25 bits per heavy atom. The second kappa shape index (κ2) is 7.51. The molecule has 24 heavy (non-hydrogen) atoms. The Labute approximate surface area is 150 Å². The molecule has 1 aliphatic rings.